The van der Waals surface area contributed by atoms with E-state index in [9.17, 15) is 22.8 Å². The van der Waals surface area contributed by atoms with Crippen molar-refractivity contribution in [3.05, 3.63) is 71.2 Å². The SMILES string of the molecule is CNc1cc(C2(C(=O)Nc3cc(C(=O)Nc4ccc(N5CCOCC5)c(C(F)(F)F)c4)ccc3C)CC2)ncn1. The van der Waals surface area contributed by atoms with Crippen molar-refractivity contribution in [1.82, 2.24) is 9.97 Å². The van der Waals surface area contributed by atoms with Crippen molar-refractivity contribution in [1.29, 1.82) is 0 Å². The van der Waals surface area contributed by atoms with E-state index >= 15 is 0 Å². The number of morpholine rings is 1. The molecule has 0 radical (unpaired) electrons. The fraction of sp³-hybridized carbons (Fsp3) is 0.357. The first-order chi connectivity index (χ1) is 19.1. The molecule has 2 aromatic carbocycles. The van der Waals surface area contributed by atoms with E-state index < -0.39 is 23.1 Å². The summed E-state index contributed by atoms with van der Waals surface area (Å²) < 4.78 is 47.0. The van der Waals surface area contributed by atoms with Crippen LogP contribution in [0.5, 0.6) is 0 Å². The molecule has 2 aliphatic rings. The number of halogens is 3. The molecule has 5 rings (SSSR count). The number of anilines is 4. The molecule has 0 spiro atoms. The Morgan fingerprint density at radius 2 is 1.75 bits per heavy atom. The largest absolute Gasteiger partial charge is 0.418 e. The van der Waals surface area contributed by atoms with Gasteiger partial charge in [-0.3, -0.25) is 9.59 Å². The quantitative estimate of drug-likeness (QED) is 0.392. The highest BCUT2D eigenvalue weighted by Gasteiger charge is 2.53. The van der Waals surface area contributed by atoms with Gasteiger partial charge in [0.2, 0.25) is 5.91 Å². The average molecular weight is 555 g/mol. The van der Waals surface area contributed by atoms with Crippen LogP contribution in [-0.2, 0) is 21.1 Å². The number of aryl methyl sites for hydroxylation is 1. The second kappa shape index (κ2) is 10.8. The van der Waals surface area contributed by atoms with E-state index in [1.165, 1.54) is 24.5 Å². The third kappa shape index (κ3) is 5.57. The lowest BCUT2D eigenvalue weighted by Gasteiger charge is -2.31. The molecular weight excluding hydrogens is 525 g/mol. The number of nitrogens with one attached hydrogen (secondary N) is 3. The maximum absolute atomic E-state index is 13.9. The van der Waals surface area contributed by atoms with Crippen LogP contribution in [0.25, 0.3) is 0 Å². The summed E-state index contributed by atoms with van der Waals surface area (Å²) in [4.78, 5) is 36.4. The standard InChI is InChI=1S/C28H29F3N6O3/c1-17-3-4-18(13-21(17)36-26(39)27(7-8-27)23-15-24(32-2)34-16-33-23)25(38)35-19-5-6-22(20(14-19)28(29,30)31)37-9-11-40-12-10-37/h3-6,13-16H,7-12H2,1-2H3,(H,35,38)(H,36,39)(H,32,33,34). The minimum absolute atomic E-state index is 0.0153. The monoisotopic (exact) mass is 554 g/mol. The molecule has 0 bridgehead atoms. The van der Waals surface area contributed by atoms with Gasteiger partial charge in [0, 0.05) is 48.8 Å². The number of hydrogen-bond acceptors (Lipinski definition) is 7. The van der Waals surface area contributed by atoms with Gasteiger partial charge < -0.3 is 25.6 Å². The summed E-state index contributed by atoms with van der Waals surface area (Å²) in [5.41, 5.74) is 0.419. The Labute approximate surface area is 229 Å². The Balaban J connectivity index is 1.34. The molecule has 9 nitrogen and oxygen atoms in total. The molecule has 210 valence electrons. The summed E-state index contributed by atoms with van der Waals surface area (Å²) in [5, 5.41) is 8.42. The topological polar surface area (TPSA) is 108 Å². The van der Waals surface area contributed by atoms with Crippen LogP contribution in [0.3, 0.4) is 0 Å². The van der Waals surface area contributed by atoms with Crippen molar-refractivity contribution in [2.45, 2.75) is 31.4 Å². The number of benzene rings is 2. The number of hydrogen-bond donors (Lipinski definition) is 3. The van der Waals surface area contributed by atoms with Crippen molar-refractivity contribution >= 4 is 34.7 Å². The van der Waals surface area contributed by atoms with Crippen molar-refractivity contribution < 1.29 is 27.5 Å². The van der Waals surface area contributed by atoms with Gasteiger partial charge in [-0.25, -0.2) is 9.97 Å². The van der Waals surface area contributed by atoms with Gasteiger partial charge in [0.1, 0.15) is 12.1 Å². The zero-order valence-corrected chi connectivity index (χ0v) is 22.1. The summed E-state index contributed by atoms with van der Waals surface area (Å²) in [6, 6.07) is 10.3. The average Bonchev–Trinajstić information content (AvgIpc) is 3.77. The van der Waals surface area contributed by atoms with E-state index in [4.69, 9.17) is 4.74 Å². The van der Waals surface area contributed by atoms with Gasteiger partial charge in [-0.05, 0) is 55.7 Å². The van der Waals surface area contributed by atoms with Crippen LogP contribution in [0, 0.1) is 6.92 Å². The molecule has 3 aromatic rings. The number of carbonyl (C=O) groups excluding carboxylic acids is 2. The molecule has 1 aliphatic carbocycles. The molecule has 40 heavy (non-hydrogen) atoms. The summed E-state index contributed by atoms with van der Waals surface area (Å²) in [7, 11) is 1.73. The maximum atomic E-state index is 13.9. The van der Waals surface area contributed by atoms with E-state index in [0.717, 1.165) is 11.6 Å². The highest BCUT2D eigenvalue weighted by atomic mass is 19.4. The molecule has 2 amide bonds. The summed E-state index contributed by atoms with van der Waals surface area (Å²) in [6.07, 6.45) is -1.95. The number of carbonyl (C=O) groups is 2. The number of ether oxygens (including phenoxy) is 1. The van der Waals surface area contributed by atoms with Crippen molar-refractivity contribution in [2.75, 3.05) is 54.2 Å². The predicted octanol–water partition coefficient (Wildman–Crippen LogP) is 4.60. The minimum atomic E-state index is -4.61. The zero-order valence-electron chi connectivity index (χ0n) is 22.1. The van der Waals surface area contributed by atoms with Gasteiger partial charge in [-0.1, -0.05) is 6.07 Å². The van der Waals surface area contributed by atoms with Gasteiger partial charge in [0.05, 0.1) is 29.9 Å². The van der Waals surface area contributed by atoms with Crippen LogP contribution in [0.4, 0.5) is 36.1 Å². The van der Waals surface area contributed by atoms with Crippen LogP contribution >= 0.6 is 0 Å². The maximum Gasteiger partial charge on any atom is 0.418 e. The van der Waals surface area contributed by atoms with Crippen LogP contribution in [0.1, 0.15) is 40.0 Å². The van der Waals surface area contributed by atoms with E-state index in [1.54, 1.807) is 37.1 Å². The highest BCUT2D eigenvalue weighted by Crippen LogP contribution is 2.48. The fourth-order valence-corrected chi connectivity index (χ4v) is 4.74. The lowest BCUT2D eigenvalue weighted by Crippen LogP contribution is -2.37. The summed E-state index contributed by atoms with van der Waals surface area (Å²) in [5.74, 6) is -0.244. The summed E-state index contributed by atoms with van der Waals surface area (Å²) in [6.45, 7) is 3.18. The molecule has 1 saturated heterocycles. The number of amides is 2. The number of aromatic nitrogens is 2. The van der Waals surface area contributed by atoms with Crippen LogP contribution in [0.15, 0.2) is 48.8 Å². The van der Waals surface area contributed by atoms with Gasteiger partial charge in [0.25, 0.3) is 5.91 Å². The normalized spacial score (nSPS) is 16.3. The summed E-state index contributed by atoms with van der Waals surface area (Å²) >= 11 is 0. The lowest BCUT2D eigenvalue weighted by molar-refractivity contribution is -0.137. The minimum Gasteiger partial charge on any atom is -0.378 e. The first kappa shape index (κ1) is 27.4. The van der Waals surface area contributed by atoms with E-state index in [-0.39, 0.29) is 22.8 Å². The van der Waals surface area contributed by atoms with Gasteiger partial charge in [-0.15, -0.1) is 0 Å². The van der Waals surface area contributed by atoms with Gasteiger partial charge >= 0.3 is 6.18 Å². The second-order valence-corrected chi connectivity index (χ2v) is 9.89. The molecule has 12 heteroatoms. The first-order valence-electron chi connectivity index (χ1n) is 12.9. The number of nitrogens with zero attached hydrogens (tertiary/aromatic N) is 3. The van der Waals surface area contributed by atoms with E-state index in [1.807, 2.05) is 0 Å². The molecule has 0 atom stereocenters. The molecule has 3 N–H and O–H groups in total. The molecule has 1 aliphatic heterocycles. The van der Waals surface area contributed by atoms with Crippen molar-refractivity contribution in [2.24, 2.45) is 0 Å². The van der Waals surface area contributed by atoms with Gasteiger partial charge in [0.15, 0.2) is 0 Å². The predicted molar refractivity (Wildman–Crippen MR) is 145 cm³/mol. The first-order valence-corrected chi connectivity index (χ1v) is 12.9. The molecule has 0 unspecified atom stereocenters. The molecule has 1 aromatic heterocycles. The zero-order chi connectivity index (χ0) is 28.5. The Morgan fingerprint density at radius 3 is 2.42 bits per heavy atom. The van der Waals surface area contributed by atoms with Gasteiger partial charge in [-0.2, -0.15) is 13.2 Å². The van der Waals surface area contributed by atoms with E-state index in [2.05, 4.69) is 25.9 Å². The number of rotatable bonds is 7. The Morgan fingerprint density at radius 1 is 1.00 bits per heavy atom. The Kier molecular flexibility index (Phi) is 7.37. The second-order valence-electron chi connectivity index (χ2n) is 9.89. The Hall–Kier alpha value is -4.19. The van der Waals surface area contributed by atoms with Crippen molar-refractivity contribution in [3.63, 3.8) is 0 Å². The smallest absolute Gasteiger partial charge is 0.378 e. The van der Waals surface area contributed by atoms with E-state index in [0.29, 0.717) is 56.3 Å². The highest BCUT2D eigenvalue weighted by molar-refractivity contribution is 6.07. The molecule has 2 heterocycles. The number of alkyl halides is 3. The third-order valence-corrected chi connectivity index (χ3v) is 7.26. The van der Waals surface area contributed by atoms with Crippen LogP contribution in [0.2, 0.25) is 0 Å². The third-order valence-electron chi connectivity index (χ3n) is 7.26. The van der Waals surface area contributed by atoms with Crippen LogP contribution < -0.4 is 20.9 Å². The fourth-order valence-electron chi connectivity index (χ4n) is 4.74. The molecular formula is C28H29F3N6O3. The lowest BCUT2D eigenvalue weighted by atomic mass is 10.00. The Bertz CT molecular complexity index is 1440. The van der Waals surface area contributed by atoms with Crippen molar-refractivity contribution in [3.8, 4) is 0 Å². The molecule has 2 fully saturated rings. The van der Waals surface area contributed by atoms with Crippen LogP contribution in [-0.4, -0.2) is 55.1 Å². The molecule has 1 saturated carbocycles.